The van der Waals surface area contributed by atoms with Crippen molar-refractivity contribution in [2.75, 3.05) is 13.2 Å². The molecule has 0 radical (unpaired) electrons. The second kappa shape index (κ2) is 54.5. The highest BCUT2D eigenvalue weighted by molar-refractivity contribution is 5.71. The molecular formula is C59H110O6. The highest BCUT2D eigenvalue weighted by Crippen LogP contribution is 2.16. The van der Waals surface area contributed by atoms with Gasteiger partial charge in [0.2, 0.25) is 0 Å². The van der Waals surface area contributed by atoms with Crippen LogP contribution in [-0.2, 0) is 28.6 Å². The summed E-state index contributed by atoms with van der Waals surface area (Å²) in [4.78, 5) is 38.1. The second-order valence-corrected chi connectivity index (χ2v) is 19.6. The SMILES string of the molecule is CCCCCCCCC/C=C\CCCCCC(=O)OC(COC(=O)CCCCCCCCC/C=C\CCCCCCCCCC)COC(=O)CCCCCCCCCCCCCCCC. The maximum atomic E-state index is 12.8. The lowest BCUT2D eigenvalue weighted by Crippen LogP contribution is -2.30. The van der Waals surface area contributed by atoms with Crippen LogP contribution in [0.25, 0.3) is 0 Å². The van der Waals surface area contributed by atoms with Gasteiger partial charge in [0.15, 0.2) is 6.10 Å². The van der Waals surface area contributed by atoms with Gasteiger partial charge in [0, 0.05) is 19.3 Å². The number of esters is 3. The molecule has 0 bridgehead atoms. The van der Waals surface area contributed by atoms with Crippen LogP contribution < -0.4 is 0 Å². The third-order valence-electron chi connectivity index (χ3n) is 12.9. The van der Waals surface area contributed by atoms with Crippen LogP contribution in [0.1, 0.15) is 316 Å². The molecule has 1 atom stereocenters. The van der Waals surface area contributed by atoms with Gasteiger partial charge < -0.3 is 14.2 Å². The van der Waals surface area contributed by atoms with Crippen LogP contribution in [0.15, 0.2) is 24.3 Å². The van der Waals surface area contributed by atoms with Gasteiger partial charge in [-0.25, -0.2) is 0 Å². The Morgan fingerprint density at radius 2 is 0.508 bits per heavy atom. The Morgan fingerprint density at radius 1 is 0.292 bits per heavy atom. The van der Waals surface area contributed by atoms with Crippen LogP contribution in [-0.4, -0.2) is 37.2 Å². The van der Waals surface area contributed by atoms with E-state index in [4.69, 9.17) is 14.2 Å². The molecule has 0 aliphatic rings. The zero-order chi connectivity index (χ0) is 47.2. The zero-order valence-electron chi connectivity index (χ0n) is 43.8. The molecule has 0 amide bonds. The Labute approximate surface area is 404 Å². The second-order valence-electron chi connectivity index (χ2n) is 19.6. The third kappa shape index (κ3) is 52.7. The Bertz CT molecular complexity index is 1050. The van der Waals surface area contributed by atoms with Crippen molar-refractivity contribution in [2.45, 2.75) is 322 Å². The number of hydrogen-bond acceptors (Lipinski definition) is 6. The number of rotatable bonds is 53. The van der Waals surface area contributed by atoms with E-state index >= 15 is 0 Å². The molecule has 0 aromatic rings. The monoisotopic (exact) mass is 915 g/mol. The van der Waals surface area contributed by atoms with E-state index in [1.54, 1.807) is 0 Å². The lowest BCUT2D eigenvalue weighted by Gasteiger charge is -2.18. The number of ether oxygens (including phenoxy) is 3. The van der Waals surface area contributed by atoms with Crippen molar-refractivity contribution in [1.82, 2.24) is 0 Å². The summed E-state index contributed by atoms with van der Waals surface area (Å²) in [7, 11) is 0. The van der Waals surface area contributed by atoms with Crippen molar-refractivity contribution >= 4 is 17.9 Å². The standard InChI is InChI=1S/C59H110O6/c1-4-7-10-13-16-19-22-25-28-29-30-31-32-35-37-40-43-46-49-52-58(61)64-55-56(65-59(62)53-50-47-44-41-38-34-27-24-21-18-15-12-9-6-3)54-63-57(60)51-48-45-42-39-36-33-26-23-20-17-14-11-8-5-2/h29-30,34,38,56H,4-28,31-33,35-37,39-55H2,1-3H3/b30-29-,38-34-. The van der Waals surface area contributed by atoms with Gasteiger partial charge in [-0.1, -0.05) is 251 Å². The van der Waals surface area contributed by atoms with Crippen molar-refractivity contribution in [1.29, 1.82) is 0 Å². The lowest BCUT2D eigenvalue weighted by molar-refractivity contribution is -0.167. The Hall–Kier alpha value is -2.11. The van der Waals surface area contributed by atoms with Crippen molar-refractivity contribution in [3.05, 3.63) is 24.3 Å². The number of allylic oxidation sites excluding steroid dienone is 4. The fourth-order valence-corrected chi connectivity index (χ4v) is 8.55. The largest absolute Gasteiger partial charge is 0.462 e. The van der Waals surface area contributed by atoms with E-state index < -0.39 is 6.10 Å². The van der Waals surface area contributed by atoms with E-state index in [0.717, 1.165) is 70.6 Å². The first-order valence-electron chi connectivity index (χ1n) is 28.8. The molecule has 65 heavy (non-hydrogen) atoms. The van der Waals surface area contributed by atoms with Gasteiger partial charge in [0.25, 0.3) is 0 Å². The van der Waals surface area contributed by atoms with Crippen LogP contribution in [0.3, 0.4) is 0 Å². The summed E-state index contributed by atoms with van der Waals surface area (Å²) in [6, 6.07) is 0. The minimum atomic E-state index is -0.777. The lowest BCUT2D eigenvalue weighted by atomic mass is 10.0. The Kier molecular flexibility index (Phi) is 52.7. The van der Waals surface area contributed by atoms with Crippen molar-refractivity contribution in [3.8, 4) is 0 Å². The summed E-state index contributed by atoms with van der Waals surface area (Å²) in [5, 5.41) is 0. The predicted molar refractivity (Wildman–Crippen MR) is 279 cm³/mol. The molecule has 0 aromatic carbocycles. The highest BCUT2D eigenvalue weighted by atomic mass is 16.6. The first-order chi connectivity index (χ1) is 32.0. The molecule has 0 aliphatic heterocycles. The number of unbranched alkanes of at least 4 members (excludes halogenated alkanes) is 38. The quantitative estimate of drug-likeness (QED) is 0.0262. The molecule has 0 saturated heterocycles. The van der Waals surface area contributed by atoms with Gasteiger partial charge in [0.1, 0.15) is 13.2 Å². The first-order valence-corrected chi connectivity index (χ1v) is 28.8. The molecule has 6 nitrogen and oxygen atoms in total. The van der Waals surface area contributed by atoms with Crippen LogP contribution in [0.4, 0.5) is 0 Å². The van der Waals surface area contributed by atoms with Gasteiger partial charge in [0.05, 0.1) is 0 Å². The minimum Gasteiger partial charge on any atom is -0.462 e. The molecular weight excluding hydrogens is 805 g/mol. The predicted octanol–water partition coefficient (Wildman–Crippen LogP) is 19.1. The van der Waals surface area contributed by atoms with Gasteiger partial charge in [-0.3, -0.25) is 14.4 Å². The third-order valence-corrected chi connectivity index (χ3v) is 12.9. The van der Waals surface area contributed by atoms with Gasteiger partial charge in [-0.15, -0.1) is 0 Å². The molecule has 0 aliphatic carbocycles. The van der Waals surface area contributed by atoms with E-state index in [1.807, 2.05) is 0 Å². The fourth-order valence-electron chi connectivity index (χ4n) is 8.55. The maximum Gasteiger partial charge on any atom is 0.306 e. The molecule has 0 saturated carbocycles. The fraction of sp³-hybridized carbons (Fsp3) is 0.881. The topological polar surface area (TPSA) is 78.9 Å². The van der Waals surface area contributed by atoms with Crippen LogP contribution >= 0.6 is 0 Å². The smallest absolute Gasteiger partial charge is 0.306 e. The van der Waals surface area contributed by atoms with Crippen LogP contribution in [0.5, 0.6) is 0 Å². The highest BCUT2D eigenvalue weighted by Gasteiger charge is 2.19. The average Bonchev–Trinajstić information content (AvgIpc) is 3.30. The summed E-state index contributed by atoms with van der Waals surface area (Å²) in [6.45, 7) is 6.66. The molecule has 0 fully saturated rings. The number of carbonyl (C=O) groups excluding carboxylic acids is 3. The normalized spacial score (nSPS) is 12.1. The van der Waals surface area contributed by atoms with Crippen molar-refractivity contribution in [3.63, 3.8) is 0 Å². The average molecular weight is 916 g/mol. The van der Waals surface area contributed by atoms with Gasteiger partial charge in [-0.2, -0.15) is 0 Å². The Morgan fingerprint density at radius 3 is 0.785 bits per heavy atom. The molecule has 6 heteroatoms. The molecule has 0 N–H and O–H groups in total. The number of hydrogen-bond donors (Lipinski definition) is 0. The molecule has 382 valence electrons. The van der Waals surface area contributed by atoms with E-state index in [-0.39, 0.29) is 31.1 Å². The molecule has 0 heterocycles. The summed E-state index contributed by atoms with van der Waals surface area (Å²) < 4.78 is 16.9. The van der Waals surface area contributed by atoms with E-state index in [1.165, 1.54) is 205 Å². The summed E-state index contributed by atoms with van der Waals surface area (Å²) in [5.41, 5.74) is 0. The zero-order valence-corrected chi connectivity index (χ0v) is 43.8. The maximum absolute atomic E-state index is 12.8. The van der Waals surface area contributed by atoms with Crippen LogP contribution in [0.2, 0.25) is 0 Å². The Balaban J connectivity index is 4.33. The number of carbonyl (C=O) groups is 3. The van der Waals surface area contributed by atoms with E-state index in [9.17, 15) is 14.4 Å². The molecule has 1 unspecified atom stereocenters. The first kappa shape index (κ1) is 62.9. The minimum absolute atomic E-state index is 0.0744. The van der Waals surface area contributed by atoms with Crippen molar-refractivity contribution in [2.24, 2.45) is 0 Å². The summed E-state index contributed by atoms with van der Waals surface area (Å²) >= 11 is 0. The molecule has 0 aromatic heterocycles. The van der Waals surface area contributed by atoms with Crippen molar-refractivity contribution < 1.29 is 28.6 Å². The van der Waals surface area contributed by atoms with Gasteiger partial charge in [-0.05, 0) is 70.6 Å². The summed E-state index contributed by atoms with van der Waals surface area (Å²) in [6.07, 6.45) is 63.1. The molecule has 0 rings (SSSR count). The van der Waals surface area contributed by atoms with E-state index in [2.05, 4.69) is 45.1 Å². The van der Waals surface area contributed by atoms with Gasteiger partial charge >= 0.3 is 17.9 Å². The summed E-state index contributed by atoms with van der Waals surface area (Å²) in [5.74, 6) is -0.876. The molecule has 0 spiro atoms. The van der Waals surface area contributed by atoms with E-state index in [0.29, 0.717) is 19.3 Å². The van der Waals surface area contributed by atoms with Crippen LogP contribution in [0, 0.1) is 0 Å².